The minimum Gasteiger partial charge on any atom is -0.444 e. The van der Waals surface area contributed by atoms with Gasteiger partial charge in [0, 0.05) is 38.6 Å². The summed E-state index contributed by atoms with van der Waals surface area (Å²) in [7, 11) is 2.00. The number of aromatic nitrogens is 1. The summed E-state index contributed by atoms with van der Waals surface area (Å²) in [6.07, 6.45) is 3.71. The largest absolute Gasteiger partial charge is 0.444 e. The Labute approximate surface area is 115 Å². The summed E-state index contributed by atoms with van der Waals surface area (Å²) < 4.78 is 7.21. The van der Waals surface area contributed by atoms with E-state index in [1.54, 1.807) is 0 Å². The van der Waals surface area contributed by atoms with E-state index in [1.165, 1.54) is 5.56 Å². The Hall–Kier alpha value is -1.49. The fraction of sp³-hybridized carbons (Fsp3) is 0.643. The molecule has 0 saturated carbocycles. The third kappa shape index (κ3) is 6.86. The van der Waals surface area contributed by atoms with Gasteiger partial charge in [-0.2, -0.15) is 0 Å². The minimum absolute atomic E-state index is 0.0264. The van der Waals surface area contributed by atoms with Crippen LogP contribution in [0.2, 0.25) is 0 Å². The van der Waals surface area contributed by atoms with Crippen molar-refractivity contribution in [1.29, 1.82) is 0 Å². The lowest BCUT2D eigenvalue weighted by Gasteiger charge is -2.22. The van der Waals surface area contributed by atoms with Crippen LogP contribution in [0.15, 0.2) is 18.5 Å². The van der Waals surface area contributed by atoms with Crippen molar-refractivity contribution in [3.8, 4) is 0 Å². The molecule has 0 saturated heterocycles. The maximum Gasteiger partial charge on any atom is 0.407 e. The van der Waals surface area contributed by atoms with Gasteiger partial charge in [0.1, 0.15) is 5.60 Å². The van der Waals surface area contributed by atoms with Crippen molar-refractivity contribution in [2.24, 2.45) is 7.05 Å². The second-order valence-corrected chi connectivity index (χ2v) is 5.86. The van der Waals surface area contributed by atoms with E-state index < -0.39 is 5.60 Å². The second kappa shape index (κ2) is 6.61. The molecular formula is C14H25N3O2. The number of nitrogens with one attached hydrogen (secondary N) is 2. The van der Waals surface area contributed by atoms with Crippen LogP contribution >= 0.6 is 0 Å². The summed E-state index contributed by atoms with van der Waals surface area (Å²) >= 11 is 0. The van der Waals surface area contributed by atoms with Gasteiger partial charge in [0.15, 0.2) is 0 Å². The molecule has 1 unspecified atom stereocenters. The first-order chi connectivity index (χ1) is 8.76. The van der Waals surface area contributed by atoms with Gasteiger partial charge in [0.2, 0.25) is 0 Å². The molecule has 0 aliphatic rings. The molecule has 108 valence electrons. The maximum atomic E-state index is 11.5. The van der Waals surface area contributed by atoms with E-state index in [1.807, 2.05) is 45.5 Å². The molecule has 1 amide bonds. The molecule has 1 atom stereocenters. The summed E-state index contributed by atoms with van der Waals surface area (Å²) in [5, 5.41) is 6.10. The Bertz CT molecular complexity index is 407. The van der Waals surface area contributed by atoms with Crippen LogP contribution in [0.5, 0.6) is 0 Å². The molecule has 0 spiro atoms. The number of hydrogen-bond donors (Lipinski definition) is 2. The molecule has 1 aromatic rings. The highest BCUT2D eigenvalue weighted by atomic mass is 16.6. The smallest absolute Gasteiger partial charge is 0.407 e. The number of aryl methyl sites for hydroxylation is 1. The van der Waals surface area contributed by atoms with Gasteiger partial charge >= 0.3 is 6.09 Å². The van der Waals surface area contributed by atoms with Crippen LogP contribution in [0, 0.1) is 0 Å². The lowest BCUT2D eigenvalue weighted by Crippen LogP contribution is -2.42. The first-order valence-electron chi connectivity index (χ1n) is 6.57. The molecule has 1 rings (SSSR count). The molecule has 19 heavy (non-hydrogen) atoms. The van der Waals surface area contributed by atoms with Crippen molar-refractivity contribution in [2.45, 2.75) is 45.9 Å². The van der Waals surface area contributed by atoms with E-state index in [0.29, 0.717) is 6.54 Å². The zero-order chi connectivity index (χ0) is 14.5. The standard InChI is InChI=1S/C14H25N3O2/c1-11(16-13(18)19-14(2,3)4)8-15-9-12-6-7-17(5)10-12/h6-7,10-11,15H,8-9H2,1-5H3,(H,16,18). The highest BCUT2D eigenvalue weighted by Gasteiger charge is 2.17. The second-order valence-electron chi connectivity index (χ2n) is 5.86. The van der Waals surface area contributed by atoms with Crippen molar-refractivity contribution in [3.63, 3.8) is 0 Å². The van der Waals surface area contributed by atoms with Gasteiger partial charge in [-0.15, -0.1) is 0 Å². The minimum atomic E-state index is -0.457. The third-order valence-electron chi connectivity index (χ3n) is 2.44. The van der Waals surface area contributed by atoms with Crippen LogP contribution in [-0.4, -0.2) is 28.8 Å². The van der Waals surface area contributed by atoms with E-state index in [9.17, 15) is 4.79 Å². The van der Waals surface area contributed by atoms with Gasteiger partial charge in [-0.3, -0.25) is 0 Å². The van der Waals surface area contributed by atoms with E-state index in [0.717, 1.165) is 6.54 Å². The van der Waals surface area contributed by atoms with Crippen LogP contribution in [-0.2, 0) is 18.3 Å². The predicted molar refractivity (Wildman–Crippen MR) is 76.0 cm³/mol. The van der Waals surface area contributed by atoms with Crippen LogP contribution in [0.4, 0.5) is 4.79 Å². The molecule has 0 aliphatic heterocycles. The van der Waals surface area contributed by atoms with Gasteiger partial charge in [-0.1, -0.05) is 0 Å². The van der Waals surface area contributed by atoms with Gasteiger partial charge in [-0.25, -0.2) is 4.79 Å². The fourth-order valence-corrected chi connectivity index (χ4v) is 1.66. The van der Waals surface area contributed by atoms with Crippen molar-refractivity contribution in [2.75, 3.05) is 6.54 Å². The number of amides is 1. The molecule has 1 aromatic heterocycles. The van der Waals surface area contributed by atoms with Gasteiger partial charge < -0.3 is 19.9 Å². The van der Waals surface area contributed by atoms with Gasteiger partial charge in [-0.05, 0) is 39.3 Å². The molecular weight excluding hydrogens is 242 g/mol. The summed E-state index contributed by atoms with van der Waals surface area (Å²) in [6, 6.07) is 2.09. The zero-order valence-electron chi connectivity index (χ0n) is 12.5. The molecule has 1 heterocycles. The molecule has 2 N–H and O–H groups in total. The lowest BCUT2D eigenvalue weighted by molar-refractivity contribution is 0.0508. The summed E-state index contributed by atoms with van der Waals surface area (Å²) in [4.78, 5) is 11.5. The van der Waals surface area contributed by atoms with Crippen LogP contribution < -0.4 is 10.6 Å². The first-order valence-corrected chi connectivity index (χ1v) is 6.57. The Morgan fingerprint density at radius 3 is 2.68 bits per heavy atom. The summed E-state index contributed by atoms with van der Waals surface area (Å²) in [5.74, 6) is 0. The SMILES string of the molecule is CC(CNCc1ccn(C)c1)NC(=O)OC(C)(C)C. The number of nitrogens with zero attached hydrogens (tertiary/aromatic N) is 1. The Kier molecular flexibility index (Phi) is 5.42. The fourth-order valence-electron chi connectivity index (χ4n) is 1.66. The van der Waals surface area contributed by atoms with Gasteiger partial charge in [0.05, 0.1) is 0 Å². The third-order valence-corrected chi connectivity index (χ3v) is 2.44. The van der Waals surface area contributed by atoms with Gasteiger partial charge in [0.25, 0.3) is 0 Å². The molecule has 0 aromatic carbocycles. The molecule has 0 radical (unpaired) electrons. The molecule has 0 fully saturated rings. The average Bonchev–Trinajstić information content (AvgIpc) is 2.60. The highest BCUT2D eigenvalue weighted by molar-refractivity contribution is 5.68. The quantitative estimate of drug-likeness (QED) is 0.858. The molecule has 0 bridgehead atoms. The first kappa shape index (κ1) is 15.6. The average molecular weight is 267 g/mol. The van der Waals surface area contributed by atoms with Crippen LogP contribution in [0.25, 0.3) is 0 Å². The summed E-state index contributed by atoms with van der Waals surface area (Å²) in [5.41, 5.74) is 0.772. The van der Waals surface area contributed by atoms with Crippen molar-refractivity contribution in [3.05, 3.63) is 24.0 Å². The molecule has 5 heteroatoms. The highest BCUT2D eigenvalue weighted by Crippen LogP contribution is 2.06. The van der Waals surface area contributed by atoms with E-state index in [2.05, 4.69) is 22.9 Å². The molecule has 0 aliphatic carbocycles. The Morgan fingerprint density at radius 1 is 1.47 bits per heavy atom. The maximum absolute atomic E-state index is 11.5. The van der Waals surface area contributed by atoms with Crippen molar-refractivity contribution < 1.29 is 9.53 Å². The van der Waals surface area contributed by atoms with Crippen LogP contribution in [0.1, 0.15) is 33.3 Å². The number of hydrogen-bond acceptors (Lipinski definition) is 3. The van der Waals surface area contributed by atoms with E-state index in [4.69, 9.17) is 4.74 Å². The lowest BCUT2D eigenvalue weighted by atomic mass is 10.2. The van der Waals surface area contributed by atoms with E-state index in [-0.39, 0.29) is 12.1 Å². The number of ether oxygens (including phenoxy) is 1. The monoisotopic (exact) mass is 267 g/mol. The Morgan fingerprint density at radius 2 is 2.16 bits per heavy atom. The van der Waals surface area contributed by atoms with Crippen molar-refractivity contribution in [1.82, 2.24) is 15.2 Å². The summed E-state index contributed by atoms with van der Waals surface area (Å²) in [6.45, 7) is 9.00. The normalized spacial score (nSPS) is 13.1. The van der Waals surface area contributed by atoms with Crippen molar-refractivity contribution >= 4 is 6.09 Å². The number of alkyl carbamates (subject to hydrolysis) is 1. The topological polar surface area (TPSA) is 55.3 Å². The number of carbonyl (C=O) groups excluding carboxylic acids is 1. The van der Waals surface area contributed by atoms with E-state index >= 15 is 0 Å². The number of rotatable bonds is 5. The number of carbonyl (C=O) groups is 1. The Balaban J connectivity index is 2.21. The predicted octanol–water partition coefficient (Wildman–Crippen LogP) is 2.03. The van der Waals surface area contributed by atoms with Crippen LogP contribution in [0.3, 0.4) is 0 Å². The zero-order valence-corrected chi connectivity index (χ0v) is 12.5. The molecule has 5 nitrogen and oxygen atoms in total.